The molecule has 2 amide bonds. The number of nitrogens with zero attached hydrogens (tertiary/aromatic N) is 2. The van der Waals surface area contributed by atoms with Crippen LogP contribution in [0.5, 0.6) is 0 Å². The molecule has 1 aromatic carbocycles. The van der Waals surface area contributed by atoms with Crippen LogP contribution in [0.4, 0.5) is 0 Å². The zero-order chi connectivity index (χ0) is 17.9. The summed E-state index contributed by atoms with van der Waals surface area (Å²) >= 11 is 0. The third-order valence-corrected chi connectivity index (χ3v) is 5.50. The maximum atomic E-state index is 12.9. The number of likely N-dealkylation sites (N-methyl/N-ethyl adjacent to an activating group) is 1. The first-order valence-electron chi connectivity index (χ1n) is 9.29. The van der Waals surface area contributed by atoms with Crippen molar-refractivity contribution in [2.45, 2.75) is 56.6 Å². The molecule has 2 fully saturated rings. The van der Waals surface area contributed by atoms with E-state index >= 15 is 0 Å². The van der Waals surface area contributed by atoms with E-state index in [1.54, 1.807) is 16.8 Å². The van der Waals surface area contributed by atoms with Gasteiger partial charge in [-0.25, -0.2) is 0 Å². The summed E-state index contributed by atoms with van der Waals surface area (Å²) in [5, 5.41) is 10.5. The van der Waals surface area contributed by atoms with Gasteiger partial charge >= 0.3 is 0 Å². The first kappa shape index (κ1) is 17.9. The van der Waals surface area contributed by atoms with Gasteiger partial charge in [-0.3, -0.25) is 9.59 Å². The van der Waals surface area contributed by atoms with Crippen LogP contribution in [-0.2, 0) is 16.0 Å². The second-order valence-electron chi connectivity index (χ2n) is 7.53. The lowest BCUT2D eigenvalue weighted by Crippen LogP contribution is -2.50. The molecule has 0 aromatic heterocycles. The molecule has 1 saturated heterocycles. The molecule has 1 atom stereocenters. The van der Waals surface area contributed by atoms with Gasteiger partial charge in [0.05, 0.1) is 12.0 Å². The molecule has 1 heterocycles. The van der Waals surface area contributed by atoms with Crippen molar-refractivity contribution in [3.63, 3.8) is 0 Å². The lowest BCUT2D eigenvalue weighted by Gasteiger charge is -2.32. The normalized spacial score (nSPS) is 22.2. The summed E-state index contributed by atoms with van der Waals surface area (Å²) in [5.74, 6) is -0.0331. The van der Waals surface area contributed by atoms with E-state index in [9.17, 15) is 14.7 Å². The molecule has 1 saturated carbocycles. The maximum Gasteiger partial charge on any atom is 0.245 e. The van der Waals surface area contributed by atoms with Crippen molar-refractivity contribution in [3.05, 3.63) is 35.9 Å². The molecule has 5 nitrogen and oxygen atoms in total. The maximum absolute atomic E-state index is 12.9. The average Bonchev–Trinajstić information content (AvgIpc) is 3.24. The molecule has 3 rings (SSSR count). The fourth-order valence-electron chi connectivity index (χ4n) is 4.16. The smallest absolute Gasteiger partial charge is 0.245 e. The number of hydrogen-bond acceptors (Lipinski definition) is 3. The molecule has 5 heteroatoms. The van der Waals surface area contributed by atoms with Crippen LogP contribution in [0.3, 0.4) is 0 Å². The molecule has 1 aliphatic carbocycles. The Balaban J connectivity index is 1.62. The zero-order valence-electron chi connectivity index (χ0n) is 15.0. The number of benzene rings is 1. The molecule has 136 valence electrons. The van der Waals surface area contributed by atoms with Crippen LogP contribution < -0.4 is 0 Å². The minimum atomic E-state index is -0.748. The lowest BCUT2D eigenvalue weighted by atomic mass is 10.0. The van der Waals surface area contributed by atoms with E-state index in [-0.39, 0.29) is 17.9 Å². The summed E-state index contributed by atoms with van der Waals surface area (Å²) in [7, 11) is 1.75. The van der Waals surface area contributed by atoms with Gasteiger partial charge in [-0.2, -0.15) is 0 Å². The first-order chi connectivity index (χ1) is 12.0. The molecular formula is C20H28N2O3. The molecule has 0 spiro atoms. The third-order valence-electron chi connectivity index (χ3n) is 5.50. The molecular weight excluding hydrogens is 316 g/mol. The van der Waals surface area contributed by atoms with Crippen LogP contribution in [0, 0.1) is 0 Å². The van der Waals surface area contributed by atoms with Crippen molar-refractivity contribution in [2.75, 3.05) is 20.1 Å². The van der Waals surface area contributed by atoms with Crippen LogP contribution in [-0.4, -0.2) is 58.5 Å². The molecule has 1 aliphatic heterocycles. The van der Waals surface area contributed by atoms with Crippen molar-refractivity contribution < 1.29 is 14.7 Å². The van der Waals surface area contributed by atoms with Crippen molar-refractivity contribution in [2.24, 2.45) is 0 Å². The highest BCUT2D eigenvalue weighted by Gasteiger charge is 2.39. The predicted molar refractivity (Wildman–Crippen MR) is 95.9 cm³/mol. The number of carbonyl (C=O) groups excluding carboxylic acids is 2. The van der Waals surface area contributed by atoms with Crippen LogP contribution in [0.25, 0.3) is 0 Å². The molecule has 25 heavy (non-hydrogen) atoms. The highest BCUT2D eigenvalue weighted by Crippen LogP contribution is 2.30. The molecule has 0 bridgehead atoms. The lowest BCUT2D eigenvalue weighted by molar-refractivity contribution is -0.144. The minimum Gasteiger partial charge on any atom is -0.388 e. The summed E-state index contributed by atoms with van der Waals surface area (Å²) in [4.78, 5) is 28.9. The van der Waals surface area contributed by atoms with Gasteiger partial charge in [-0.1, -0.05) is 43.2 Å². The van der Waals surface area contributed by atoms with Crippen molar-refractivity contribution >= 4 is 11.8 Å². The summed E-state index contributed by atoms with van der Waals surface area (Å²) in [6.07, 6.45) is 5.45. The SMILES string of the molecule is CN(CC1(O)CCCC1)C(=O)C1CCCN1C(=O)Cc1ccccc1. The van der Waals surface area contributed by atoms with Crippen LogP contribution in [0.2, 0.25) is 0 Å². The Morgan fingerprint density at radius 1 is 1.20 bits per heavy atom. The van der Waals surface area contributed by atoms with Gasteiger partial charge in [0, 0.05) is 20.1 Å². The standard InChI is InChI=1S/C20H28N2O3/c1-21(15-20(25)11-5-6-12-20)19(24)17-10-7-13-22(17)18(23)14-16-8-3-2-4-9-16/h2-4,8-9,17,25H,5-7,10-15H2,1H3. The van der Waals surface area contributed by atoms with Crippen LogP contribution in [0.1, 0.15) is 44.1 Å². The van der Waals surface area contributed by atoms with E-state index in [1.165, 1.54) is 0 Å². The Morgan fingerprint density at radius 3 is 2.56 bits per heavy atom. The van der Waals surface area contributed by atoms with Gasteiger partial charge < -0.3 is 14.9 Å². The molecule has 1 N–H and O–H groups in total. The Kier molecular flexibility index (Phi) is 5.42. The second-order valence-corrected chi connectivity index (χ2v) is 7.53. The third kappa shape index (κ3) is 4.21. The van der Waals surface area contributed by atoms with Gasteiger partial charge in [0.2, 0.25) is 11.8 Å². The largest absolute Gasteiger partial charge is 0.388 e. The Bertz CT molecular complexity index is 611. The summed E-state index contributed by atoms with van der Waals surface area (Å²) < 4.78 is 0. The minimum absolute atomic E-state index is 0.00929. The van der Waals surface area contributed by atoms with Gasteiger partial charge in [0.15, 0.2) is 0 Å². The van der Waals surface area contributed by atoms with Crippen LogP contribution in [0.15, 0.2) is 30.3 Å². The molecule has 2 aliphatic rings. The van der Waals surface area contributed by atoms with Gasteiger partial charge in [0.1, 0.15) is 6.04 Å². The van der Waals surface area contributed by atoms with E-state index in [0.29, 0.717) is 25.9 Å². The highest BCUT2D eigenvalue weighted by molar-refractivity contribution is 5.89. The van der Waals surface area contributed by atoms with Crippen molar-refractivity contribution in [1.82, 2.24) is 9.80 Å². The predicted octanol–water partition coefficient (Wildman–Crippen LogP) is 1.98. The summed E-state index contributed by atoms with van der Waals surface area (Å²) in [6.45, 7) is 1.00. The Hall–Kier alpha value is -1.88. The second kappa shape index (κ2) is 7.56. The first-order valence-corrected chi connectivity index (χ1v) is 9.29. The highest BCUT2D eigenvalue weighted by atomic mass is 16.3. The monoisotopic (exact) mass is 344 g/mol. The van der Waals surface area contributed by atoms with E-state index in [2.05, 4.69) is 0 Å². The van der Waals surface area contributed by atoms with Crippen LogP contribution >= 0.6 is 0 Å². The summed E-state index contributed by atoms with van der Waals surface area (Å²) in [6, 6.07) is 9.26. The Morgan fingerprint density at radius 2 is 1.88 bits per heavy atom. The number of amides is 2. The Labute approximate surface area is 149 Å². The average molecular weight is 344 g/mol. The van der Waals surface area contributed by atoms with Gasteiger partial charge in [-0.05, 0) is 31.2 Å². The molecule has 0 radical (unpaired) electrons. The fourth-order valence-corrected chi connectivity index (χ4v) is 4.16. The zero-order valence-corrected chi connectivity index (χ0v) is 15.0. The molecule has 1 unspecified atom stereocenters. The number of likely N-dealkylation sites (tertiary alicyclic amines) is 1. The quantitative estimate of drug-likeness (QED) is 0.888. The number of rotatable bonds is 5. The van der Waals surface area contributed by atoms with E-state index < -0.39 is 5.60 Å². The van der Waals surface area contributed by atoms with Gasteiger partial charge in [0.25, 0.3) is 0 Å². The topological polar surface area (TPSA) is 60.9 Å². The number of carbonyl (C=O) groups is 2. The van der Waals surface area contributed by atoms with E-state index in [0.717, 1.165) is 37.7 Å². The van der Waals surface area contributed by atoms with Crippen molar-refractivity contribution in [1.29, 1.82) is 0 Å². The molecule has 1 aromatic rings. The van der Waals surface area contributed by atoms with Gasteiger partial charge in [-0.15, -0.1) is 0 Å². The number of aliphatic hydroxyl groups is 1. The van der Waals surface area contributed by atoms with E-state index in [1.807, 2.05) is 30.3 Å². The van der Waals surface area contributed by atoms with E-state index in [4.69, 9.17) is 0 Å². The number of hydrogen-bond donors (Lipinski definition) is 1. The fraction of sp³-hybridized carbons (Fsp3) is 0.600. The summed E-state index contributed by atoms with van der Waals surface area (Å²) in [5.41, 5.74) is 0.223. The van der Waals surface area contributed by atoms with Crippen molar-refractivity contribution in [3.8, 4) is 0 Å².